The molecule has 182 valence electrons. The van der Waals surface area contributed by atoms with Crippen LogP contribution in [0.4, 0.5) is 5.69 Å². The van der Waals surface area contributed by atoms with Crippen LogP contribution in [-0.4, -0.2) is 75.1 Å². The van der Waals surface area contributed by atoms with Gasteiger partial charge in [0.1, 0.15) is 6.33 Å². The molecule has 10 nitrogen and oxygen atoms in total. The van der Waals surface area contributed by atoms with Gasteiger partial charge in [-0.05, 0) is 42.0 Å². The molecule has 0 aliphatic carbocycles. The van der Waals surface area contributed by atoms with Crippen molar-refractivity contribution in [2.75, 3.05) is 44.0 Å². The summed E-state index contributed by atoms with van der Waals surface area (Å²) >= 11 is 1.31. The predicted molar refractivity (Wildman–Crippen MR) is 131 cm³/mol. The minimum atomic E-state index is -0.143. The summed E-state index contributed by atoms with van der Waals surface area (Å²) < 4.78 is 12.6. The lowest BCUT2D eigenvalue weighted by atomic mass is 10.1. The third-order valence-corrected chi connectivity index (χ3v) is 6.95. The third-order valence-electron chi connectivity index (χ3n) is 5.92. The zero-order chi connectivity index (χ0) is 24.2. The molecular formula is C24H26N6O4S. The molecule has 0 radical (unpaired) electrons. The molecule has 0 saturated carbocycles. The lowest BCUT2D eigenvalue weighted by Crippen LogP contribution is -2.48. The first-order chi connectivity index (χ1) is 17.0. The summed E-state index contributed by atoms with van der Waals surface area (Å²) in [6.45, 7) is 4.02. The van der Waals surface area contributed by atoms with E-state index in [1.807, 2.05) is 24.1 Å². The highest BCUT2D eigenvalue weighted by atomic mass is 32.2. The number of fused-ring (bicyclic) bond motifs is 1. The molecule has 1 N–H and O–H groups in total. The summed E-state index contributed by atoms with van der Waals surface area (Å²) in [5.74, 6) is 1.67. The number of benzene rings is 2. The first kappa shape index (κ1) is 23.2. The van der Waals surface area contributed by atoms with E-state index in [-0.39, 0.29) is 24.4 Å². The van der Waals surface area contributed by atoms with Crippen LogP contribution in [0.3, 0.4) is 0 Å². The van der Waals surface area contributed by atoms with Gasteiger partial charge in [-0.25, -0.2) is 0 Å². The summed E-state index contributed by atoms with van der Waals surface area (Å²) in [6, 6.07) is 13.1. The number of anilines is 1. The van der Waals surface area contributed by atoms with Gasteiger partial charge in [-0.15, -0.1) is 10.2 Å². The Hall–Kier alpha value is -3.57. The zero-order valence-electron chi connectivity index (χ0n) is 19.3. The van der Waals surface area contributed by atoms with Crippen molar-refractivity contribution in [3.05, 3.63) is 59.9 Å². The second-order valence-electron chi connectivity index (χ2n) is 8.39. The van der Waals surface area contributed by atoms with Gasteiger partial charge < -0.3 is 24.3 Å². The molecular weight excluding hydrogens is 468 g/mol. The normalized spacial score (nSPS) is 15.3. The Morgan fingerprint density at radius 1 is 1.03 bits per heavy atom. The largest absolute Gasteiger partial charge is 0.454 e. The van der Waals surface area contributed by atoms with E-state index < -0.39 is 0 Å². The summed E-state index contributed by atoms with van der Waals surface area (Å²) in [5.41, 5.74) is 2.43. The van der Waals surface area contributed by atoms with E-state index in [2.05, 4.69) is 26.5 Å². The number of thioether (sulfide) groups is 1. The van der Waals surface area contributed by atoms with Gasteiger partial charge in [-0.1, -0.05) is 17.8 Å². The number of nitrogens with one attached hydrogen (secondary N) is 1. The van der Waals surface area contributed by atoms with Gasteiger partial charge in [0, 0.05) is 51.0 Å². The fourth-order valence-corrected chi connectivity index (χ4v) is 4.70. The molecule has 1 aromatic heterocycles. The Morgan fingerprint density at radius 3 is 2.54 bits per heavy atom. The molecule has 0 unspecified atom stereocenters. The van der Waals surface area contributed by atoms with Gasteiger partial charge in [0.25, 0.3) is 5.91 Å². The van der Waals surface area contributed by atoms with Crippen LogP contribution in [0.15, 0.2) is 53.9 Å². The highest BCUT2D eigenvalue weighted by Crippen LogP contribution is 2.32. The molecule has 11 heteroatoms. The van der Waals surface area contributed by atoms with E-state index in [1.165, 1.54) is 17.3 Å². The number of ether oxygens (including phenoxy) is 2. The van der Waals surface area contributed by atoms with Crippen LogP contribution in [-0.2, 0) is 18.4 Å². The molecule has 3 aromatic rings. The van der Waals surface area contributed by atoms with Crippen molar-refractivity contribution < 1.29 is 19.1 Å². The Labute approximate surface area is 207 Å². The number of carbonyl (C=O) groups is 2. The van der Waals surface area contributed by atoms with Gasteiger partial charge in [-0.2, -0.15) is 0 Å². The first-order valence-corrected chi connectivity index (χ1v) is 12.3. The maximum Gasteiger partial charge on any atom is 0.253 e. The molecule has 35 heavy (non-hydrogen) atoms. The molecule has 0 bridgehead atoms. The van der Waals surface area contributed by atoms with Gasteiger partial charge in [0.05, 0.1) is 5.75 Å². The van der Waals surface area contributed by atoms with Crippen LogP contribution in [0.2, 0.25) is 0 Å². The lowest BCUT2D eigenvalue weighted by molar-refractivity contribution is -0.113. The average molecular weight is 495 g/mol. The predicted octanol–water partition coefficient (Wildman–Crippen LogP) is 2.23. The molecule has 2 aliphatic rings. The quantitative estimate of drug-likeness (QED) is 0.499. The van der Waals surface area contributed by atoms with Crippen molar-refractivity contribution in [3.63, 3.8) is 0 Å². The SMILES string of the molecule is Cn1cnnc1SCC(=O)Nc1ccc(C(=O)N2CCN(Cc3ccc4c(c3)OCO4)CC2)cc1. The second kappa shape index (κ2) is 10.4. The zero-order valence-corrected chi connectivity index (χ0v) is 20.2. The van der Waals surface area contributed by atoms with Crippen molar-refractivity contribution in [3.8, 4) is 11.5 Å². The van der Waals surface area contributed by atoms with Gasteiger partial charge in [-0.3, -0.25) is 14.5 Å². The molecule has 3 heterocycles. The van der Waals surface area contributed by atoms with E-state index >= 15 is 0 Å². The van der Waals surface area contributed by atoms with Crippen LogP contribution in [0.5, 0.6) is 11.5 Å². The lowest BCUT2D eigenvalue weighted by Gasteiger charge is -2.34. The average Bonchev–Trinajstić information content (AvgIpc) is 3.51. The van der Waals surface area contributed by atoms with Crippen LogP contribution in [0, 0.1) is 0 Å². The number of nitrogens with zero attached hydrogens (tertiary/aromatic N) is 5. The van der Waals surface area contributed by atoms with Crippen LogP contribution < -0.4 is 14.8 Å². The van der Waals surface area contributed by atoms with E-state index in [4.69, 9.17) is 9.47 Å². The molecule has 2 aliphatic heterocycles. The van der Waals surface area contributed by atoms with Crippen molar-refractivity contribution in [2.24, 2.45) is 7.05 Å². The minimum absolute atomic E-state index is 0.00319. The van der Waals surface area contributed by atoms with Crippen LogP contribution >= 0.6 is 11.8 Å². The van der Waals surface area contributed by atoms with E-state index in [0.717, 1.165) is 31.1 Å². The number of piperazine rings is 1. The molecule has 0 atom stereocenters. The minimum Gasteiger partial charge on any atom is -0.454 e. The van der Waals surface area contributed by atoms with Gasteiger partial charge >= 0.3 is 0 Å². The molecule has 2 aromatic carbocycles. The van der Waals surface area contributed by atoms with Gasteiger partial charge in [0.15, 0.2) is 16.7 Å². The van der Waals surface area contributed by atoms with Gasteiger partial charge in [0.2, 0.25) is 12.7 Å². The Bertz CT molecular complexity index is 1210. The number of rotatable bonds is 7. The number of carbonyl (C=O) groups excluding carboxylic acids is 2. The van der Waals surface area contributed by atoms with E-state index in [0.29, 0.717) is 29.5 Å². The molecule has 1 fully saturated rings. The van der Waals surface area contributed by atoms with E-state index in [9.17, 15) is 9.59 Å². The summed E-state index contributed by atoms with van der Waals surface area (Å²) in [4.78, 5) is 29.4. The Morgan fingerprint density at radius 2 is 1.80 bits per heavy atom. The highest BCUT2D eigenvalue weighted by Gasteiger charge is 2.23. The maximum absolute atomic E-state index is 13.0. The Kier molecular flexibility index (Phi) is 6.87. The van der Waals surface area contributed by atoms with Crippen molar-refractivity contribution in [2.45, 2.75) is 11.7 Å². The number of hydrogen-bond donors (Lipinski definition) is 1. The fourth-order valence-electron chi connectivity index (χ4n) is 4.02. The van der Waals surface area contributed by atoms with Crippen LogP contribution in [0.25, 0.3) is 0 Å². The van der Waals surface area contributed by atoms with Crippen LogP contribution in [0.1, 0.15) is 15.9 Å². The standard InChI is InChI=1S/C24H26N6O4S/c1-28-15-25-27-24(28)35-14-22(31)26-19-5-3-18(4-6-19)23(32)30-10-8-29(9-11-30)13-17-2-7-20-21(12-17)34-16-33-20/h2-7,12,15H,8-11,13-14,16H2,1H3,(H,26,31). The Balaban J connectivity index is 1.08. The molecule has 1 saturated heterocycles. The first-order valence-electron chi connectivity index (χ1n) is 11.3. The van der Waals surface area contributed by atoms with Crippen molar-refractivity contribution in [1.82, 2.24) is 24.6 Å². The number of hydrogen-bond acceptors (Lipinski definition) is 8. The number of aryl methyl sites for hydroxylation is 1. The topological polar surface area (TPSA) is 102 Å². The van der Waals surface area contributed by atoms with Crippen molar-refractivity contribution >= 4 is 29.3 Å². The van der Waals surface area contributed by atoms with E-state index in [1.54, 1.807) is 35.2 Å². The summed E-state index contributed by atoms with van der Waals surface area (Å²) in [7, 11) is 1.83. The third kappa shape index (κ3) is 5.57. The number of amides is 2. The molecule has 2 amide bonds. The smallest absolute Gasteiger partial charge is 0.253 e. The summed E-state index contributed by atoms with van der Waals surface area (Å²) in [5, 5.41) is 11.3. The van der Waals surface area contributed by atoms with Crippen molar-refractivity contribution in [1.29, 1.82) is 0 Å². The highest BCUT2D eigenvalue weighted by molar-refractivity contribution is 7.99. The number of aromatic nitrogens is 3. The fraction of sp³-hybridized carbons (Fsp3) is 0.333. The molecule has 0 spiro atoms. The monoisotopic (exact) mass is 494 g/mol. The second-order valence-corrected chi connectivity index (χ2v) is 9.34. The molecule has 5 rings (SSSR count). The maximum atomic E-state index is 13.0. The summed E-state index contributed by atoms with van der Waals surface area (Å²) in [6.07, 6.45) is 1.59.